The number of aromatic nitrogens is 2. The van der Waals surface area contributed by atoms with Crippen LogP contribution in [0, 0.1) is 0 Å². The molecule has 458 valence electrons. The van der Waals surface area contributed by atoms with Gasteiger partial charge in [-0.15, -0.1) is 0 Å². The molecule has 0 fully saturated rings. The lowest BCUT2D eigenvalue weighted by Gasteiger charge is -2.34. The van der Waals surface area contributed by atoms with Crippen molar-refractivity contribution in [2.75, 3.05) is 9.80 Å². The lowest BCUT2D eigenvalue weighted by Crippen LogP contribution is -2.17. The van der Waals surface area contributed by atoms with Crippen LogP contribution in [0.3, 0.4) is 0 Å². The van der Waals surface area contributed by atoms with E-state index in [4.69, 9.17) is 0 Å². The van der Waals surface area contributed by atoms with Gasteiger partial charge in [-0.2, -0.15) is 0 Å². The van der Waals surface area contributed by atoms with Crippen molar-refractivity contribution in [1.82, 2.24) is 9.13 Å². The van der Waals surface area contributed by atoms with Gasteiger partial charge in [-0.05, 0) is 238 Å². The summed E-state index contributed by atoms with van der Waals surface area (Å²) in [5.41, 5.74) is 26.3. The fraction of sp³-hybridized carbons (Fsp3) is 0.273. The smallest absolute Gasteiger partial charge is 0.0562 e. The number of rotatable bonds is 14. The van der Waals surface area contributed by atoms with Crippen molar-refractivity contribution in [3.8, 4) is 11.4 Å². The summed E-state index contributed by atoms with van der Waals surface area (Å²) in [4.78, 5) is 5.46. The zero-order valence-electron chi connectivity index (χ0n) is 55.6. The van der Waals surface area contributed by atoms with E-state index >= 15 is 0 Å². The maximum Gasteiger partial charge on any atom is 0.0562 e. The van der Waals surface area contributed by atoms with Gasteiger partial charge >= 0.3 is 0 Å². The fourth-order valence-corrected chi connectivity index (χ4v) is 16.5. The molecule has 92 heavy (non-hydrogen) atoms. The molecule has 0 bridgehead atoms. The molecule has 4 heteroatoms. The van der Waals surface area contributed by atoms with E-state index in [9.17, 15) is 0 Å². The fourth-order valence-electron chi connectivity index (χ4n) is 16.5. The zero-order valence-corrected chi connectivity index (χ0v) is 55.6. The molecule has 0 spiro atoms. The molecular weight excluding hydrogens is 1110 g/mol. The average molecular weight is 1200 g/mol. The molecule has 0 amide bonds. The van der Waals surface area contributed by atoms with E-state index in [1.165, 1.54) is 192 Å². The van der Waals surface area contributed by atoms with Crippen molar-refractivity contribution in [2.24, 2.45) is 0 Å². The van der Waals surface area contributed by atoms with E-state index in [-0.39, 0.29) is 22.7 Å². The second-order valence-electron chi connectivity index (χ2n) is 28.9. The quantitative estimate of drug-likeness (QED) is 0.101. The van der Waals surface area contributed by atoms with E-state index in [1.54, 1.807) is 0 Å². The van der Waals surface area contributed by atoms with E-state index < -0.39 is 0 Å². The van der Waals surface area contributed by atoms with Gasteiger partial charge in [0.15, 0.2) is 0 Å². The van der Waals surface area contributed by atoms with Crippen LogP contribution in [-0.2, 0) is 36.5 Å². The summed E-state index contributed by atoms with van der Waals surface area (Å²) in [7, 11) is 0. The monoisotopic (exact) mass is 1200 g/mol. The first-order chi connectivity index (χ1) is 44.7. The normalized spacial score (nSPS) is 13.9. The molecule has 4 nitrogen and oxygen atoms in total. The SMILES string of the molecule is CCC(C)(C)c1ccc(-n2c3ccccc3c3c(N(c4cccc5c4CCCC5)c4cc(C(C)C)c5ccc6c(N(c7cccc8c7CCCC8)c7cccc8c7c7ccccc7n8-c7ccc(C(C)(C)CC)cc7)cc(C(C)C)c7ccc4c5c76)cccc32)cc1. The Morgan fingerprint density at radius 1 is 0.337 bits per heavy atom. The topological polar surface area (TPSA) is 16.3 Å². The molecule has 0 aliphatic heterocycles. The molecule has 0 saturated carbocycles. The minimum atomic E-state index is 0.0906. The highest BCUT2D eigenvalue weighted by Gasteiger charge is 2.32. The number of hydrogen-bond acceptors (Lipinski definition) is 2. The highest BCUT2D eigenvalue weighted by atomic mass is 15.2. The molecule has 2 heterocycles. The standard InChI is InChI=1S/C88H86N4/c1-11-87(7,8)59-41-45-61(46-42-59)89-75-33-19-17-31-67(75)85-77(89)37-23-39-79(85)91(73-35-21-27-57-25-13-15-29-63(57)73)81-53-71(55(3)4)65-50-52-70-82(54-72(56(5)6)66-49-51-69(81)83(65)84(66)70)92(74-36-22-28-58-26-14-16-30-64(58)74)80-40-24-38-78-86(80)68-32-18-20-34-76(68)90(78)62-47-43-60(44-48-62)88(9,10)12-2/h17-24,27-28,31-56H,11-16,25-26,29-30H2,1-10H3. The van der Waals surface area contributed by atoms with Crippen LogP contribution in [0.4, 0.5) is 34.1 Å². The Kier molecular flexibility index (Phi) is 14.1. The molecule has 0 unspecified atom stereocenters. The molecule has 14 aromatic rings. The molecule has 0 N–H and O–H groups in total. The predicted molar refractivity (Wildman–Crippen MR) is 396 cm³/mol. The van der Waals surface area contributed by atoms with E-state index in [0.29, 0.717) is 0 Å². The Balaban J connectivity index is 0.998. The van der Waals surface area contributed by atoms with E-state index in [1.807, 2.05) is 0 Å². The van der Waals surface area contributed by atoms with Crippen LogP contribution in [0.2, 0.25) is 0 Å². The number of aryl methyl sites for hydroxylation is 2. The third kappa shape index (κ3) is 9.04. The Hall–Kier alpha value is -9.12. The van der Waals surface area contributed by atoms with Crippen LogP contribution >= 0.6 is 0 Å². The van der Waals surface area contributed by atoms with Crippen LogP contribution in [0.1, 0.15) is 164 Å². The molecule has 0 radical (unpaired) electrons. The van der Waals surface area contributed by atoms with Gasteiger partial charge in [0, 0.05) is 55.1 Å². The van der Waals surface area contributed by atoms with Crippen molar-refractivity contribution in [3.63, 3.8) is 0 Å². The Morgan fingerprint density at radius 3 is 1.10 bits per heavy atom. The van der Waals surface area contributed by atoms with Crippen LogP contribution < -0.4 is 9.80 Å². The van der Waals surface area contributed by atoms with Crippen LogP contribution in [0.15, 0.2) is 206 Å². The second-order valence-corrected chi connectivity index (χ2v) is 28.9. The molecule has 12 aromatic carbocycles. The van der Waals surface area contributed by atoms with Gasteiger partial charge in [0.05, 0.1) is 44.8 Å². The molecular formula is C88H86N4. The molecule has 0 atom stereocenters. The second kappa shape index (κ2) is 22.3. The number of fused-ring (bicyclic) bond motifs is 8. The summed E-state index contributed by atoms with van der Waals surface area (Å²) >= 11 is 0. The molecule has 2 aliphatic carbocycles. The maximum atomic E-state index is 2.73. The summed E-state index contributed by atoms with van der Waals surface area (Å²) < 4.78 is 5.04. The van der Waals surface area contributed by atoms with Crippen LogP contribution in [0.25, 0.3) is 87.3 Å². The summed E-state index contributed by atoms with van der Waals surface area (Å²) in [6.45, 7) is 23.7. The lowest BCUT2D eigenvalue weighted by molar-refractivity contribution is 0.506. The van der Waals surface area contributed by atoms with Gasteiger partial charge in [0.1, 0.15) is 0 Å². The van der Waals surface area contributed by atoms with Crippen molar-refractivity contribution in [2.45, 2.75) is 156 Å². The maximum absolute atomic E-state index is 2.73. The first-order valence-corrected chi connectivity index (χ1v) is 34.6. The highest BCUT2D eigenvalue weighted by molar-refractivity contribution is 6.31. The van der Waals surface area contributed by atoms with Crippen LogP contribution in [-0.4, -0.2) is 9.13 Å². The zero-order chi connectivity index (χ0) is 62.9. The molecule has 16 rings (SSSR count). The lowest BCUT2D eigenvalue weighted by atomic mass is 9.82. The first kappa shape index (κ1) is 58.0. The Bertz CT molecular complexity index is 4870. The number of hydrogen-bond donors (Lipinski definition) is 0. The van der Waals surface area contributed by atoms with Gasteiger partial charge in [0.25, 0.3) is 0 Å². The summed E-state index contributed by atoms with van der Waals surface area (Å²) in [6, 6.07) is 81.0. The Morgan fingerprint density at radius 2 is 0.696 bits per heavy atom. The van der Waals surface area contributed by atoms with Gasteiger partial charge in [0.2, 0.25) is 0 Å². The average Bonchev–Trinajstić information content (AvgIpc) is 0.829. The predicted octanol–water partition coefficient (Wildman–Crippen LogP) is 25.1. The largest absolute Gasteiger partial charge is 0.309 e. The molecule has 2 aliphatic rings. The highest BCUT2D eigenvalue weighted by Crippen LogP contribution is 2.55. The van der Waals surface area contributed by atoms with Gasteiger partial charge in [-0.25, -0.2) is 0 Å². The summed E-state index contributed by atoms with van der Waals surface area (Å²) in [6.07, 6.45) is 11.3. The number of benzene rings is 12. The van der Waals surface area contributed by atoms with Crippen LogP contribution in [0.5, 0.6) is 0 Å². The third-order valence-electron chi connectivity index (χ3n) is 22.3. The summed E-state index contributed by atoms with van der Waals surface area (Å²) in [5, 5.41) is 13.0. The van der Waals surface area contributed by atoms with Gasteiger partial charge < -0.3 is 18.9 Å². The number of para-hydroxylation sites is 2. The van der Waals surface area contributed by atoms with Gasteiger partial charge in [-0.1, -0.05) is 191 Å². The minimum absolute atomic E-state index is 0.0906. The first-order valence-electron chi connectivity index (χ1n) is 34.6. The van der Waals surface area contributed by atoms with Crippen molar-refractivity contribution in [1.29, 1.82) is 0 Å². The third-order valence-corrected chi connectivity index (χ3v) is 22.3. The summed E-state index contributed by atoms with van der Waals surface area (Å²) in [5.74, 6) is 0.479. The Labute approximate surface area is 544 Å². The number of anilines is 6. The molecule has 2 aromatic heterocycles. The number of nitrogens with zero attached hydrogens (tertiary/aromatic N) is 4. The van der Waals surface area contributed by atoms with Gasteiger partial charge in [-0.3, -0.25) is 0 Å². The molecule has 0 saturated heterocycles. The minimum Gasteiger partial charge on any atom is -0.309 e. The van der Waals surface area contributed by atoms with Crippen molar-refractivity contribution >= 4 is 110 Å². The van der Waals surface area contributed by atoms with E-state index in [0.717, 1.165) is 38.5 Å². The van der Waals surface area contributed by atoms with E-state index in [2.05, 4.69) is 294 Å². The van der Waals surface area contributed by atoms with Crippen molar-refractivity contribution in [3.05, 3.63) is 251 Å². The van der Waals surface area contributed by atoms with Crippen molar-refractivity contribution < 1.29 is 0 Å².